The zero-order chi connectivity index (χ0) is 59.1. The number of likely N-dealkylation sites (N-methyl/N-ethyl adjacent to an activating group) is 1. The number of carboxylic acids is 1. The summed E-state index contributed by atoms with van der Waals surface area (Å²) in [6.45, 7) is 4.79. The van der Waals surface area contributed by atoms with E-state index in [1.165, 1.54) is 244 Å². The molecule has 0 aromatic heterocycles. The third-order valence-electron chi connectivity index (χ3n) is 15.9. The minimum atomic E-state index is -1.51. The number of quaternary nitrogens is 1. The van der Waals surface area contributed by atoms with Gasteiger partial charge in [0.05, 0.1) is 34.4 Å². The third kappa shape index (κ3) is 64.9. The maximum Gasteiger partial charge on any atom is 0.361 e. The molecule has 0 amide bonds. The first-order valence-electron chi connectivity index (χ1n) is 35.2. The molecular formula is C72H136NO8+. The first-order chi connectivity index (χ1) is 39.6. The third-order valence-corrected chi connectivity index (χ3v) is 15.9. The van der Waals surface area contributed by atoms with E-state index in [0.717, 1.165) is 70.6 Å². The summed E-state index contributed by atoms with van der Waals surface area (Å²) in [6, 6.07) is 0. The Morgan fingerprint density at radius 3 is 1.05 bits per heavy atom. The number of aliphatic carboxylic acids is 1. The summed E-state index contributed by atoms with van der Waals surface area (Å²) in [6.07, 6.45) is 77.4. The highest BCUT2D eigenvalue weighted by Crippen LogP contribution is 2.19. The molecule has 0 radical (unpaired) electrons. The fourth-order valence-electron chi connectivity index (χ4n) is 10.6. The van der Waals surface area contributed by atoms with Gasteiger partial charge in [-0.3, -0.25) is 9.59 Å². The number of unbranched alkanes of at least 4 members (excludes halogenated alkanes) is 45. The van der Waals surface area contributed by atoms with Crippen molar-refractivity contribution in [1.29, 1.82) is 0 Å². The van der Waals surface area contributed by atoms with Crippen LogP contribution >= 0.6 is 0 Å². The van der Waals surface area contributed by atoms with Crippen molar-refractivity contribution in [3.63, 3.8) is 0 Å². The Balaban J connectivity index is 3.86. The van der Waals surface area contributed by atoms with E-state index in [9.17, 15) is 19.5 Å². The second kappa shape index (κ2) is 63.5. The topological polar surface area (TPSA) is 108 Å². The molecule has 1 N–H and O–H groups in total. The average Bonchev–Trinajstić information content (AvgIpc) is 3.44. The SMILES string of the molecule is CC/C=C\C/C=C\C/C=C\CCCCCCCC(=O)OC(COC(=O)CCCCCCCCCCCCCCCCCCCCCCCCCCCCCCCCCCCCCCCCCCC)COC(OCC[N+](C)(C)C)C(=O)O. The second-order valence-electron chi connectivity index (χ2n) is 25.2. The number of carbonyl (C=O) groups excluding carboxylic acids is 2. The molecule has 0 aliphatic heterocycles. The molecular weight excluding hydrogens is 1010 g/mol. The summed E-state index contributed by atoms with van der Waals surface area (Å²) in [5.74, 6) is -2.01. The number of carbonyl (C=O) groups is 3. The molecule has 9 nitrogen and oxygen atoms in total. The highest BCUT2D eigenvalue weighted by Gasteiger charge is 2.25. The molecule has 0 bridgehead atoms. The molecule has 0 heterocycles. The zero-order valence-electron chi connectivity index (χ0n) is 54.5. The van der Waals surface area contributed by atoms with Gasteiger partial charge >= 0.3 is 17.9 Å². The van der Waals surface area contributed by atoms with E-state index < -0.39 is 24.3 Å². The van der Waals surface area contributed by atoms with Gasteiger partial charge in [-0.05, 0) is 44.9 Å². The van der Waals surface area contributed by atoms with Gasteiger partial charge in [0.25, 0.3) is 6.29 Å². The molecule has 0 aliphatic carbocycles. The lowest BCUT2D eigenvalue weighted by Gasteiger charge is -2.25. The van der Waals surface area contributed by atoms with Crippen molar-refractivity contribution in [3.8, 4) is 0 Å². The largest absolute Gasteiger partial charge is 0.477 e. The number of carboxylic acid groups (broad SMARTS) is 1. The molecule has 2 atom stereocenters. The lowest BCUT2D eigenvalue weighted by molar-refractivity contribution is -0.870. The molecule has 81 heavy (non-hydrogen) atoms. The molecule has 9 heteroatoms. The van der Waals surface area contributed by atoms with Crippen LogP contribution in [-0.2, 0) is 33.3 Å². The predicted molar refractivity (Wildman–Crippen MR) is 346 cm³/mol. The van der Waals surface area contributed by atoms with Crippen LogP contribution in [0.1, 0.15) is 348 Å². The summed E-state index contributed by atoms with van der Waals surface area (Å²) >= 11 is 0. The highest BCUT2D eigenvalue weighted by atomic mass is 16.7. The van der Waals surface area contributed by atoms with Crippen molar-refractivity contribution in [2.45, 2.75) is 360 Å². The van der Waals surface area contributed by atoms with Crippen LogP contribution in [-0.4, -0.2) is 87.4 Å². The number of hydrogen-bond acceptors (Lipinski definition) is 7. The standard InChI is InChI=1S/C72H135NO8/c1-6-8-10-12-14-16-18-20-22-23-24-25-26-27-28-29-30-31-32-33-34-35-36-37-38-39-40-41-42-43-44-45-46-47-49-50-52-54-56-58-60-62-69(74)79-66-68(67-80-72(71(76)77)78-65-64-73(3,4)5)81-70(75)63-61-59-57-55-53-51-48-21-19-17-15-13-11-9-7-2/h9,11,15,17,21,48,68,72H,6-8,10,12-14,16,18-20,22-47,49-67H2,1-5H3/p+1/b11-9-,17-15-,48-21-. The van der Waals surface area contributed by atoms with Crippen molar-refractivity contribution < 1.29 is 42.9 Å². The maximum absolute atomic E-state index is 12.9. The average molecular weight is 1140 g/mol. The number of ether oxygens (including phenoxy) is 4. The fourth-order valence-corrected chi connectivity index (χ4v) is 10.6. The van der Waals surface area contributed by atoms with Crippen molar-refractivity contribution in [2.75, 3.05) is 47.5 Å². The first kappa shape index (κ1) is 78.5. The van der Waals surface area contributed by atoms with E-state index in [0.29, 0.717) is 23.9 Å². The molecule has 0 aromatic rings. The zero-order valence-corrected chi connectivity index (χ0v) is 54.5. The molecule has 0 spiro atoms. The van der Waals surface area contributed by atoms with E-state index in [1.807, 2.05) is 21.1 Å². The van der Waals surface area contributed by atoms with Crippen LogP contribution in [0.5, 0.6) is 0 Å². The quantitative estimate of drug-likeness (QED) is 0.0211. The summed E-state index contributed by atoms with van der Waals surface area (Å²) < 4.78 is 22.9. The van der Waals surface area contributed by atoms with E-state index in [1.54, 1.807) is 0 Å². The first-order valence-corrected chi connectivity index (χ1v) is 35.2. The van der Waals surface area contributed by atoms with E-state index in [4.69, 9.17) is 18.9 Å². The molecule has 0 saturated carbocycles. The van der Waals surface area contributed by atoms with Crippen LogP contribution < -0.4 is 0 Å². The van der Waals surface area contributed by atoms with Crippen LogP contribution in [0, 0.1) is 0 Å². The van der Waals surface area contributed by atoms with Gasteiger partial charge in [0.1, 0.15) is 13.2 Å². The molecule has 0 fully saturated rings. The molecule has 0 saturated heterocycles. The molecule has 0 aromatic carbocycles. The predicted octanol–water partition coefficient (Wildman–Crippen LogP) is 21.6. The van der Waals surface area contributed by atoms with Crippen LogP contribution in [0.25, 0.3) is 0 Å². The van der Waals surface area contributed by atoms with Crippen molar-refractivity contribution in [1.82, 2.24) is 0 Å². The Bertz CT molecular complexity index is 1420. The minimum Gasteiger partial charge on any atom is -0.477 e. The second-order valence-corrected chi connectivity index (χ2v) is 25.2. The Labute approximate surface area is 502 Å². The highest BCUT2D eigenvalue weighted by molar-refractivity contribution is 5.71. The van der Waals surface area contributed by atoms with Gasteiger partial charge < -0.3 is 28.5 Å². The van der Waals surface area contributed by atoms with E-state index in [-0.39, 0.29) is 32.2 Å². The van der Waals surface area contributed by atoms with Crippen molar-refractivity contribution in [2.24, 2.45) is 0 Å². The monoisotopic (exact) mass is 1140 g/mol. The van der Waals surface area contributed by atoms with Gasteiger partial charge in [-0.25, -0.2) is 4.79 Å². The Morgan fingerprint density at radius 2 is 0.704 bits per heavy atom. The molecule has 2 unspecified atom stereocenters. The molecule has 0 rings (SSSR count). The van der Waals surface area contributed by atoms with Crippen molar-refractivity contribution >= 4 is 17.9 Å². The van der Waals surface area contributed by atoms with Gasteiger partial charge in [-0.2, -0.15) is 0 Å². The number of hydrogen-bond donors (Lipinski definition) is 1. The van der Waals surface area contributed by atoms with Gasteiger partial charge in [0.2, 0.25) is 0 Å². The minimum absolute atomic E-state index is 0.185. The van der Waals surface area contributed by atoms with Crippen LogP contribution in [0.4, 0.5) is 0 Å². The normalized spacial score (nSPS) is 12.9. The van der Waals surface area contributed by atoms with Crippen LogP contribution in [0.3, 0.4) is 0 Å². The fraction of sp³-hybridized carbons (Fsp3) is 0.875. The smallest absolute Gasteiger partial charge is 0.361 e. The Morgan fingerprint density at radius 1 is 0.383 bits per heavy atom. The van der Waals surface area contributed by atoms with Crippen molar-refractivity contribution in [3.05, 3.63) is 36.5 Å². The molecule has 0 aliphatic rings. The van der Waals surface area contributed by atoms with E-state index in [2.05, 4.69) is 50.3 Å². The van der Waals surface area contributed by atoms with E-state index >= 15 is 0 Å². The summed E-state index contributed by atoms with van der Waals surface area (Å²) in [4.78, 5) is 37.4. The Kier molecular flexibility index (Phi) is 61.6. The van der Waals surface area contributed by atoms with Gasteiger partial charge in [0, 0.05) is 12.8 Å². The van der Waals surface area contributed by atoms with Crippen LogP contribution in [0.2, 0.25) is 0 Å². The van der Waals surface area contributed by atoms with Gasteiger partial charge in [0.15, 0.2) is 6.10 Å². The summed E-state index contributed by atoms with van der Waals surface area (Å²) in [5.41, 5.74) is 0. The maximum atomic E-state index is 12.9. The molecule has 476 valence electrons. The number of allylic oxidation sites excluding steroid dienone is 6. The van der Waals surface area contributed by atoms with Gasteiger partial charge in [-0.15, -0.1) is 0 Å². The number of rotatable bonds is 66. The lowest BCUT2D eigenvalue weighted by atomic mass is 10.0. The number of esters is 2. The lowest BCUT2D eigenvalue weighted by Crippen LogP contribution is -2.40. The summed E-state index contributed by atoms with van der Waals surface area (Å²) in [5, 5.41) is 9.71. The summed E-state index contributed by atoms with van der Waals surface area (Å²) in [7, 11) is 5.97. The Hall–Kier alpha value is -2.49. The van der Waals surface area contributed by atoms with Crippen LogP contribution in [0.15, 0.2) is 36.5 Å². The van der Waals surface area contributed by atoms with Gasteiger partial charge in [-0.1, -0.05) is 326 Å². The number of nitrogens with zero attached hydrogens (tertiary/aromatic N) is 1.